The summed E-state index contributed by atoms with van der Waals surface area (Å²) in [6, 6.07) is 11.1. The second kappa shape index (κ2) is 8.10. The monoisotopic (exact) mass is 425 g/mol. The molecule has 0 radical (unpaired) electrons. The van der Waals surface area contributed by atoms with Crippen molar-refractivity contribution in [2.75, 3.05) is 66.5 Å². The summed E-state index contributed by atoms with van der Waals surface area (Å²) in [5.41, 5.74) is 1.31. The van der Waals surface area contributed by atoms with Gasteiger partial charge in [-0.3, -0.25) is 4.79 Å². The van der Waals surface area contributed by atoms with Gasteiger partial charge in [0.25, 0.3) is 0 Å². The molecule has 3 amide bonds. The van der Waals surface area contributed by atoms with Crippen molar-refractivity contribution in [1.82, 2.24) is 24.9 Å². The summed E-state index contributed by atoms with van der Waals surface area (Å²) in [4.78, 5) is 34.3. The number of likely N-dealkylation sites (tertiary alicyclic amines) is 1. The van der Waals surface area contributed by atoms with E-state index in [-0.39, 0.29) is 29.3 Å². The van der Waals surface area contributed by atoms with Crippen LogP contribution in [0.4, 0.5) is 4.79 Å². The number of carbonyl (C=O) groups is 2. The van der Waals surface area contributed by atoms with Crippen LogP contribution in [0.3, 0.4) is 0 Å². The second-order valence-electron chi connectivity index (χ2n) is 10.2. The largest absolute Gasteiger partial charge is 0.352 e. The minimum absolute atomic E-state index is 0.000905. The lowest BCUT2D eigenvalue weighted by Crippen LogP contribution is -2.71. The van der Waals surface area contributed by atoms with Crippen molar-refractivity contribution in [2.24, 2.45) is 11.8 Å². The molecule has 1 N–H and O–H groups in total. The summed E-state index contributed by atoms with van der Waals surface area (Å²) < 4.78 is 0. The number of benzene rings is 1. The number of rotatable bonds is 3. The Morgan fingerprint density at radius 3 is 2.16 bits per heavy atom. The average Bonchev–Trinajstić information content (AvgIpc) is 3.04. The van der Waals surface area contributed by atoms with Crippen molar-refractivity contribution >= 4 is 11.9 Å². The maximum Gasteiger partial charge on any atom is 0.319 e. The van der Waals surface area contributed by atoms with Gasteiger partial charge in [-0.05, 0) is 18.4 Å². The number of piperidine rings is 3. The fourth-order valence-corrected chi connectivity index (χ4v) is 6.46. The molecular weight excluding hydrogens is 390 g/mol. The van der Waals surface area contributed by atoms with Crippen LogP contribution in [0, 0.1) is 11.8 Å². The third-order valence-electron chi connectivity index (χ3n) is 7.96. The predicted molar refractivity (Wildman–Crippen MR) is 120 cm³/mol. The molecule has 0 aromatic heterocycles. The highest BCUT2D eigenvalue weighted by atomic mass is 16.2. The molecule has 4 bridgehead atoms. The van der Waals surface area contributed by atoms with Gasteiger partial charge in [0.05, 0.1) is 0 Å². The van der Waals surface area contributed by atoms with Crippen molar-refractivity contribution in [3.8, 4) is 0 Å². The lowest BCUT2D eigenvalue weighted by Gasteiger charge is -2.56. The number of urea groups is 1. The van der Waals surface area contributed by atoms with Crippen LogP contribution in [0.5, 0.6) is 0 Å². The van der Waals surface area contributed by atoms with Gasteiger partial charge in [-0.1, -0.05) is 30.3 Å². The molecule has 3 atom stereocenters. The van der Waals surface area contributed by atoms with Crippen molar-refractivity contribution < 1.29 is 9.59 Å². The van der Waals surface area contributed by atoms with E-state index in [1.165, 1.54) is 5.56 Å². The molecule has 5 fully saturated rings. The van der Waals surface area contributed by atoms with Gasteiger partial charge in [-0.15, -0.1) is 0 Å². The fraction of sp³-hybridized carbons (Fsp3) is 0.667. The molecule has 6 rings (SSSR count). The topological polar surface area (TPSA) is 59.1 Å². The van der Waals surface area contributed by atoms with Gasteiger partial charge in [0.1, 0.15) is 0 Å². The SMILES string of the molecule is CN(C)C(=O)N1CCC(C(=O)N[C@@H]2C3CN4CCN(C3)CC2(c2ccccc2)C4)CC1. The molecular formula is C24H35N5O2. The number of amides is 3. The normalized spacial score (nSPS) is 35.0. The standard InChI is InChI=1S/C24H35N5O2/c1-26(2)23(31)29-10-8-18(9-11-29)22(30)25-21-19-14-27-12-13-28(15-19)17-24(21,16-27)20-6-4-3-5-7-20/h3-7,18-19,21H,8-17H2,1-2H3,(H,25,30)/t19?,21-,24?/m1/s1. The molecule has 5 saturated heterocycles. The minimum atomic E-state index is -0.0455. The Hall–Kier alpha value is -2.12. The van der Waals surface area contributed by atoms with Crippen LogP contribution in [-0.2, 0) is 10.2 Å². The zero-order valence-corrected chi connectivity index (χ0v) is 18.8. The zero-order chi connectivity index (χ0) is 21.6. The number of hydrogen-bond acceptors (Lipinski definition) is 4. The van der Waals surface area contributed by atoms with E-state index < -0.39 is 0 Å². The quantitative estimate of drug-likeness (QED) is 0.787. The highest BCUT2D eigenvalue weighted by molar-refractivity contribution is 5.80. The number of hydrogen-bond donors (Lipinski definition) is 1. The molecule has 0 aliphatic carbocycles. The first-order valence-electron chi connectivity index (χ1n) is 11.7. The zero-order valence-electron chi connectivity index (χ0n) is 18.8. The highest BCUT2D eigenvalue weighted by Gasteiger charge is 2.55. The number of fused-ring (bicyclic) bond motifs is 1. The Morgan fingerprint density at radius 1 is 0.968 bits per heavy atom. The van der Waals surface area contributed by atoms with Gasteiger partial charge in [-0.25, -0.2) is 4.79 Å². The lowest BCUT2D eigenvalue weighted by molar-refractivity contribution is -0.129. The summed E-state index contributed by atoms with van der Waals surface area (Å²) in [6.07, 6.45) is 1.50. The third-order valence-corrected chi connectivity index (χ3v) is 7.96. The molecule has 5 aliphatic rings. The van der Waals surface area contributed by atoms with Gasteiger partial charge in [-0.2, -0.15) is 0 Å². The van der Waals surface area contributed by atoms with E-state index in [2.05, 4.69) is 45.4 Å². The Bertz CT molecular complexity index is 805. The second-order valence-corrected chi connectivity index (χ2v) is 10.2. The molecule has 2 unspecified atom stereocenters. The van der Waals surface area contributed by atoms with Gasteiger partial charge >= 0.3 is 6.03 Å². The van der Waals surface area contributed by atoms with E-state index in [0.29, 0.717) is 19.0 Å². The molecule has 7 nitrogen and oxygen atoms in total. The molecule has 0 saturated carbocycles. The van der Waals surface area contributed by atoms with E-state index in [1.54, 1.807) is 19.0 Å². The van der Waals surface area contributed by atoms with E-state index in [1.807, 2.05) is 4.90 Å². The lowest BCUT2D eigenvalue weighted by atomic mass is 9.64. The van der Waals surface area contributed by atoms with Crippen LogP contribution < -0.4 is 5.32 Å². The summed E-state index contributed by atoms with van der Waals surface area (Å²) in [6.45, 7) is 7.77. The maximum atomic E-state index is 13.4. The Kier molecular flexibility index (Phi) is 5.42. The third kappa shape index (κ3) is 3.72. The van der Waals surface area contributed by atoms with E-state index in [9.17, 15) is 9.59 Å². The summed E-state index contributed by atoms with van der Waals surface area (Å²) in [5, 5.41) is 3.56. The minimum Gasteiger partial charge on any atom is -0.352 e. The van der Waals surface area contributed by atoms with Crippen molar-refractivity contribution in [3.63, 3.8) is 0 Å². The van der Waals surface area contributed by atoms with E-state index >= 15 is 0 Å². The van der Waals surface area contributed by atoms with Crippen LogP contribution in [-0.4, -0.2) is 104 Å². The average molecular weight is 426 g/mol. The summed E-state index contributed by atoms with van der Waals surface area (Å²) in [5.74, 6) is 0.650. The Balaban J connectivity index is 1.33. The molecule has 5 aliphatic heterocycles. The predicted octanol–water partition coefficient (Wildman–Crippen LogP) is 1.06. The number of carbonyl (C=O) groups excluding carboxylic acids is 2. The maximum absolute atomic E-state index is 13.4. The number of nitrogens with zero attached hydrogens (tertiary/aromatic N) is 4. The van der Waals surface area contributed by atoms with Crippen LogP contribution in [0.2, 0.25) is 0 Å². The molecule has 31 heavy (non-hydrogen) atoms. The van der Waals surface area contributed by atoms with Crippen LogP contribution in [0.25, 0.3) is 0 Å². The molecule has 0 spiro atoms. The van der Waals surface area contributed by atoms with Gasteiger partial charge in [0.2, 0.25) is 5.91 Å². The van der Waals surface area contributed by atoms with Gasteiger partial charge in [0.15, 0.2) is 0 Å². The molecule has 1 aromatic rings. The summed E-state index contributed by atoms with van der Waals surface area (Å²) >= 11 is 0. The highest BCUT2D eigenvalue weighted by Crippen LogP contribution is 2.43. The van der Waals surface area contributed by atoms with Crippen molar-refractivity contribution in [2.45, 2.75) is 24.3 Å². The van der Waals surface area contributed by atoms with Crippen molar-refractivity contribution in [3.05, 3.63) is 35.9 Å². The smallest absolute Gasteiger partial charge is 0.319 e. The van der Waals surface area contributed by atoms with E-state index in [0.717, 1.165) is 52.1 Å². The molecule has 5 heterocycles. The molecule has 1 aromatic carbocycles. The first-order chi connectivity index (χ1) is 15.0. The summed E-state index contributed by atoms with van der Waals surface area (Å²) in [7, 11) is 3.57. The first kappa shape index (κ1) is 20.8. The fourth-order valence-electron chi connectivity index (χ4n) is 6.46. The molecule has 168 valence electrons. The van der Waals surface area contributed by atoms with E-state index in [4.69, 9.17) is 0 Å². The van der Waals surface area contributed by atoms with Crippen molar-refractivity contribution in [1.29, 1.82) is 0 Å². The Morgan fingerprint density at radius 2 is 1.58 bits per heavy atom. The van der Waals surface area contributed by atoms with Gasteiger partial charge < -0.3 is 24.9 Å². The van der Waals surface area contributed by atoms with Crippen LogP contribution in [0.15, 0.2) is 30.3 Å². The van der Waals surface area contributed by atoms with Crippen LogP contribution in [0.1, 0.15) is 18.4 Å². The molecule has 7 heteroatoms. The van der Waals surface area contributed by atoms with Crippen LogP contribution >= 0.6 is 0 Å². The first-order valence-corrected chi connectivity index (χ1v) is 11.7. The van der Waals surface area contributed by atoms with Gasteiger partial charge in [0, 0.05) is 89.7 Å². The number of nitrogens with one attached hydrogen (secondary N) is 1. The Labute approximate surface area is 185 Å².